The van der Waals surface area contributed by atoms with Crippen molar-refractivity contribution in [2.45, 2.75) is 16.2 Å². The maximum Gasteiger partial charge on any atom is 0.245 e. The lowest BCUT2D eigenvalue weighted by Gasteiger charge is -2.10. The number of hydrogen-bond donors (Lipinski definition) is 3. The second-order valence-corrected chi connectivity index (χ2v) is 10.5. The van der Waals surface area contributed by atoms with Crippen molar-refractivity contribution in [3.63, 3.8) is 0 Å². The summed E-state index contributed by atoms with van der Waals surface area (Å²) in [5, 5.41) is 8.36. The third-order valence-electron chi connectivity index (χ3n) is 4.31. The van der Waals surface area contributed by atoms with E-state index >= 15 is 0 Å². The average Bonchev–Trinajstić information content (AvgIpc) is 2.81. The molecule has 0 bridgehead atoms. The number of amides is 1. The number of benzene rings is 2. The van der Waals surface area contributed by atoms with Gasteiger partial charge in [-0.25, -0.2) is 27.0 Å². The van der Waals surface area contributed by atoms with Crippen LogP contribution in [0.4, 0.5) is 0 Å². The highest BCUT2D eigenvalue weighted by molar-refractivity contribution is 7.91. The molecule has 0 atom stereocenters. The molecule has 0 saturated carbocycles. The lowest BCUT2D eigenvalue weighted by atomic mass is 10.3. The van der Waals surface area contributed by atoms with Gasteiger partial charge in [0.15, 0.2) is 9.84 Å². The highest BCUT2D eigenvalue weighted by Gasteiger charge is 2.15. The van der Waals surface area contributed by atoms with Crippen LogP contribution in [0.2, 0.25) is 0 Å². The molecule has 0 fully saturated rings. The fraction of sp³-hybridized carbons (Fsp3) is 0.350. The smallest absolute Gasteiger partial charge is 0.245 e. The number of sulfone groups is 1. The van der Waals surface area contributed by atoms with Crippen molar-refractivity contribution in [1.29, 1.82) is 0 Å². The summed E-state index contributed by atoms with van der Waals surface area (Å²) in [5.41, 5.74) is 1.45. The van der Waals surface area contributed by atoms with Gasteiger partial charge in [0.05, 0.1) is 42.3 Å². The summed E-state index contributed by atoms with van der Waals surface area (Å²) in [5.74, 6) is 0.0226. The Kier molecular flexibility index (Phi) is 10.1. The molecular formula is C20H26N2O9S2. The molecule has 1 amide bonds. The van der Waals surface area contributed by atoms with E-state index in [2.05, 4.69) is 4.72 Å². The van der Waals surface area contributed by atoms with Crippen LogP contribution in [0.25, 0.3) is 0 Å². The molecule has 13 heteroatoms. The Balaban J connectivity index is 1.77. The molecule has 33 heavy (non-hydrogen) atoms. The van der Waals surface area contributed by atoms with Gasteiger partial charge in [-0.2, -0.15) is 0 Å². The summed E-state index contributed by atoms with van der Waals surface area (Å²) in [6.07, 6.45) is -0.0845. The fourth-order valence-electron chi connectivity index (χ4n) is 2.54. The molecule has 0 aliphatic rings. The second-order valence-electron chi connectivity index (χ2n) is 6.61. The molecule has 2 rings (SSSR count). The number of ether oxygens (including phenoxy) is 3. The molecule has 2 aromatic carbocycles. The molecule has 3 N–H and O–H groups in total. The van der Waals surface area contributed by atoms with E-state index in [1.54, 1.807) is 12.1 Å². The number of carbonyl (C=O) groups excluding carboxylic acids is 1. The molecule has 0 aliphatic heterocycles. The zero-order chi connectivity index (χ0) is 24.3. The monoisotopic (exact) mass is 502 g/mol. The number of sulfonamides is 1. The Morgan fingerprint density at radius 1 is 0.879 bits per heavy atom. The molecule has 2 aromatic rings. The van der Waals surface area contributed by atoms with Crippen LogP contribution in [-0.4, -0.2) is 67.2 Å². The first-order chi connectivity index (χ1) is 15.7. The van der Waals surface area contributed by atoms with Crippen molar-refractivity contribution in [3.05, 3.63) is 48.5 Å². The maximum absolute atomic E-state index is 12.3. The van der Waals surface area contributed by atoms with Crippen molar-refractivity contribution in [1.82, 2.24) is 10.2 Å². The molecule has 0 radical (unpaired) electrons. The number of carbonyl (C=O) groups is 1. The summed E-state index contributed by atoms with van der Waals surface area (Å²) < 4.78 is 67.1. The van der Waals surface area contributed by atoms with Crippen molar-refractivity contribution in [2.75, 3.05) is 39.2 Å². The van der Waals surface area contributed by atoms with Gasteiger partial charge < -0.3 is 14.2 Å². The van der Waals surface area contributed by atoms with Gasteiger partial charge in [0.25, 0.3) is 0 Å². The van der Waals surface area contributed by atoms with E-state index in [1.165, 1.54) is 49.0 Å². The lowest BCUT2D eigenvalue weighted by Crippen LogP contribution is -2.28. The Morgan fingerprint density at radius 3 is 2.09 bits per heavy atom. The van der Waals surface area contributed by atoms with Crippen molar-refractivity contribution in [2.24, 2.45) is 0 Å². The SMILES string of the molecule is COc1ccc(S(=O)(=O)NCCOc2ccc(S(=O)(=O)CCOCCC(=O)NO)cc2)cc1. The van der Waals surface area contributed by atoms with E-state index in [9.17, 15) is 21.6 Å². The first-order valence-corrected chi connectivity index (χ1v) is 12.9. The summed E-state index contributed by atoms with van der Waals surface area (Å²) in [6, 6.07) is 11.6. The first-order valence-electron chi connectivity index (χ1n) is 9.78. The van der Waals surface area contributed by atoms with Gasteiger partial charge in [-0.05, 0) is 48.5 Å². The molecule has 182 valence electrons. The normalized spacial score (nSPS) is 11.7. The lowest BCUT2D eigenvalue weighted by molar-refractivity contribution is -0.130. The predicted molar refractivity (Wildman–Crippen MR) is 118 cm³/mol. The molecule has 0 heterocycles. The van der Waals surface area contributed by atoms with Gasteiger partial charge in [0, 0.05) is 6.54 Å². The largest absolute Gasteiger partial charge is 0.497 e. The topological polar surface area (TPSA) is 157 Å². The third kappa shape index (κ3) is 8.63. The van der Waals surface area contributed by atoms with Gasteiger partial charge in [0.1, 0.15) is 18.1 Å². The maximum atomic E-state index is 12.3. The standard InChI is InChI=1S/C20H26N2O9S2/c1-29-16-2-8-19(9-3-16)33(27,28)21-11-13-31-17-4-6-18(7-5-17)32(25,26)15-14-30-12-10-20(23)22-24/h2-9,21,24H,10-15H2,1H3,(H,22,23). The predicted octanol–water partition coefficient (Wildman–Crippen LogP) is 0.738. The quantitative estimate of drug-likeness (QED) is 0.192. The van der Waals surface area contributed by atoms with Crippen molar-refractivity contribution < 1.29 is 41.0 Å². The first kappa shape index (κ1) is 26.5. The average molecular weight is 503 g/mol. The Hall–Kier alpha value is -2.71. The number of hydroxylamine groups is 1. The minimum absolute atomic E-state index is 0.0139. The minimum Gasteiger partial charge on any atom is -0.497 e. The summed E-state index contributed by atoms with van der Waals surface area (Å²) in [4.78, 5) is 11.0. The van der Waals surface area contributed by atoms with E-state index < -0.39 is 25.8 Å². The second kappa shape index (κ2) is 12.5. The highest BCUT2D eigenvalue weighted by atomic mass is 32.2. The summed E-state index contributed by atoms with van der Waals surface area (Å²) in [7, 11) is -5.80. The summed E-state index contributed by atoms with van der Waals surface area (Å²) >= 11 is 0. The van der Waals surface area contributed by atoms with E-state index in [-0.39, 0.29) is 48.3 Å². The molecule has 11 nitrogen and oxygen atoms in total. The van der Waals surface area contributed by atoms with Crippen LogP contribution in [0.5, 0.6) is 11.5 Å². The van der Waals surface area contributed by atoms with Gasteiger partial charge >= 0.3 is 0 Å². The van der Waals surface area contributed by atoms with E-state index in [4.69, 9.17) is 19.4 Å². The van der Waals surface area contributed by atoms with Crippen LogP contribution in [-0.2, 0) is 29.4 Å². The minimum atomic E-state index is -3.70. The van der Waals surface area contributed by atoms with Crippen molar-refractivity contribution >= 4 is 25.8 Å². The molecule has 0 aromatic heterocycles. The Bertz CT molecular complexity index is 1100. The number of hydrogen-bond acceptors (Lipinski definition) is 9. The van der Waals surface area contributed by atoms with Gasteiger partial charge in [-0.1, -0.05) is 0 Å². The summed E-state index contributed by atoms with van der Waals surface area (Å²) in [6.45, 7) is -0.0681. The van der Waals surface area contributed by atoms with Crippen LogP contribution in [0.15, 0.2) is 58.3 Å². The zero-order valence-corrected chi connectivity index (χ0v) is 19.5. The van der Waals surface area contributed by atoms with Crippen LogP contribution < -0.4 is 19.7 Å². The highest BCUT2D eigenvalue weighted by Crippen LogP contribution is 2.18. The fourth-order valence-corrected chi connectivity index (χ4v) is 4.67. The van der Waals surface area contributed by atoms with Crippen LogP contribution in [0.1, 0.15) is 6.42 Å². The third-order valence-corrected chi connectivity index (χ3v) is 7.48. The van der Waals surface area contributed by atoms with E-state index in [0.717, 1.165) is 0 Å². The number of methoxy groups -OCH3 is 1. The van der Waals surface area contributed by atoms with Gasteiger partial charge in [-0.15, -0.1) is 0 Å². The van der Waals surface area contributed by atoms with Crippen LogP contribution in [0, 0.1) is 0 Å². The zero-order valence-electron chi connectivity index (χ0n) is 17.9. The molecule has 0 unspecified atom stereocenters. The number of rotatable bonds is 14. The Morgan fingerprint density at radius 2 is 1.48 bits per heavy atom. The number of nitrogens with one attached hydrogen (secondary N) is 2. The van der Waals surface area contributed by atoms with Gasteiger partial charge in [0.2, 0.25) is 15.9 Å². The molecule has 0 aliphatic carbocycles. The van der Waals surface area contributed by atoms with Crippen molar-refractivity contribution in [3.8, 4) is 11.5 Å². The van der Waals surface area contributed by atoms with E-state index in [1.807, 2.05) is 0 Å². The van der Waals surface area contributed by atoms with Gasteiger partial charge in [-0.3, -0.25) is 10.0 Å². The molecule has 0 spiro atoms. The molecule has 0 saturated heterocycles. The Labute approximate surface area is 192 Å². The van der Waals surface area contributed by atoms with Crippen LogP contribution in [0.3, 0.4) is 0 Å². The molecular weight excluding hydrogens is 476 g/mol. The van der Waals surface area contributed by atoms with Crippen LogP contribution >= 0.6 is 0 Å². The van der Waals surface area contributed by atoms with E-state index in [0.29, 0.717) is 11.5 Å².